The summed E-state index contributed by atoms with van der Waals surface area (Å²) in [4.78, 5) is 0. The standard InChI is InChI=1S/C15H30O5Si2/c1-7-16-15(17-8-2)13-14-21(11-5,12-6)22(20-15,18-9-3)19-10-4/h11-12H,5-10,13-14H2,1-4H3. The summed E-state index contributed by atoms with van der Waals surface area (Å²) >= 11 is 0. The van der Waals surface area contributed by atoms with Crippen LogP contribution in [-0.4, -0.2) is 48.3 Å². The first-order valence-electron chi connectivity index (χ1n) is 8.06. The zero-order chi connectivity index (χ0) is 16.7. The van der Waals surface area contributed by atoms with E-state index >= 15 is 0 Å². The van der Waals surface area contributed by atoms with Crippen molar-refractivity contribution in [3.8, 4) is 0 Å². The zero-order valence-electron chi connectivity index (χ0n) is 14.4. The Hall–Kier alpha value is -0.286. The van der Waals surface area contributed by atoms with Crippen molar-refractivity contribution in [1.29, 1.82) is 0 Å². The third-order valence-corrected chi connectivity index (χ3v) is 16.0. The van der Waals surface area contributed by atoms with Gasteiger partial charge in [0.05, 0.1) is 0 Å². The van der Waals surface area contributed by atoms with Crippen LogP contribution in [0.5, 0.6) is 0 Å². The predicted octanol–water partition coefficient (Wildman–Crippen LogP) is 3.12. The summed E-state index contributed by atoms with van der Waals surface area (Å²) in [5.41, 5.74) is 3.94. The molecule has 0 radical (unpaired) electrons. The lowest BCUT2D eigenvalue weighted by Gasteiger charge is -2.50. The first kappa shape index (κ1) is 19.8. The van der Waals surface area contributed by atoms with Crippen molar-refractivity contribution in [3.05, 3.63) is 24.6 Å². The van der Waals surface area contributed by atoms with Crippen LogP contribution < -0.4 is 0 Å². The first-order chi connectivity index (χ1) is 10.5. The van der Waals surface area contributed by atoms with Crippen molar-refractivity contribution in [2.24, 2.45) is 0 Å². The molecule has 1 heterocycles. The summed E-state index contributed by atoms with van der Waals surface area (Å²) in [6.45, 7) is 17.8. The Labute approximate surface area is 136 Å². The molecule has 0 saturated carbocycles. The molecule has 1 fully saturated rings. The molecule has 0 amide bonds. The molecule has 7 heteroatoms. The van der Waals surface area contributed by atoms with Crippen LogP contribution >= 0.6 is 0 Å². The van der Waals surface area contributed by atoms with Crippen LogP contribution in [0.2, 0.25) is 6.04 Å². The minimum Gasteiger partial charge on any atom is -0.376 e. The van der Waals surface area contributed by atoms with Gasteiger partial charge in [-0.25, -0.2) is 0 Å². The Morgan fingerprint density at radius 2 is 1.45 bits per heavy atom. The summed E-state index contributed by atoms with van der Waals surface area (Å²) in [6.07, 6.45) is 0.633. The second-order valence-electron chi connectivity index (χ2n) is 5.02. The van der Waals surface area contributed by atoms with Crippen LogP contribution in [0.1, 0.15) is 34.1 Å². The van der Waals surface area contributed by atoms with Gasteiger partial charge in [0, 0.05) is 32.8 Å². The molecule has 0 aromatic heterocycles. The fourth-order valence-electron chi connectivity index (χ4n) is 2.84. The molecule has 128 valence electrons. The molecule has 0 aromatic carbocycles. The van der Waals surface area contributed by atoms with Gasteiger partial charge in [0.25, 0.3) is 5.97 Å². The lowest BCUT2D eigenvalue weighted by molar-refractivity contribution is -0.357. The highest BCUT2D eigenvalue weighted by Crippen LogP contribution is 2.42. The molecule has 1 saturated heterocycles. The van der Waals surface area contributed by atoms with Crippen LogP contribution in [0.4, 0.5) is 0 Å². The molecule has 5 nitrogen and oxygen atoms in total. The fraction of sp³-hybridized carbons (Fsp3) is 0.733. The van der Waals surface area contributed by atoms with E-state index in [1.54, 1.807) is 0 Å². The summed E-state index contributed by atoms with van der Waals surface area (Å²) in [6, 6.07) is 0.840. The van der Waals surface area contributed by atoms with Gasteiger partial charge in [-0.2, -0.15) is 0 Å². The molecule has 1 aliphatic heterocycles. The van der Waals surface area contributed by atoms with E-state index in [1.165, 1.54) is 0 Å². The molecule has 1 aliphatic rings. The fourth-order valence-corrected chi connectivity index (χ4v) is 13.6. The van der Waals surface area contributed by atoms with E-state index in [4.69, 9.17) is 22.8 Å². The molecule has 0 atom stereocenters. The van der Waals surface area contributed by atoms with Gasteiger partial charge in [0.15, 0.2) is 7.59 Å². The quantitative estimate of drug-likeness (QED) is 0.449. The Morgan fingerprint density at radius 1 is 0.955 bits per heavy atom. The summed E-state index contributed by atoms with van der Waals surface area (Å²) < 4.78 is 30.3. The smallest absolute Gasteiger partial charge is 0.376 e. The SMILES string of the molecule is C=C[Si]1(C=C)CCC(OCC)(OCC)O[Si]1(OCC)OCC. The molecule has 0 unspecified atom stereocenters. The van der Waals surface area contributed by atoms with Crippen molar-refractivity contribution in [2.45, 2.75) is 46.1 Å². The average Bonchev–Trinajstić information content (AvgIpc) is 2.49. The molecule has 0 N–H and O–H groups in total. The largest absolute Gasteiger partial charge is 0.483 e. The van der Waals surface area contributed by atoms with Crippen molar-refractivity contribution >= 4 is 15.9 Å². The summed E-state index contributed by atoms with van der Waals surface area (Å²) in [5, 5.41) is 0. The topological polar surface area (TPSA) is 46.2 Å². The maximum absolute atomic E-state index is 6.39. The van der Waals surface area contributed by atoms with E-state index in [-0.39, 0.29) is 0 Å². The Bertz CT molecular complexity index is 355. The number of hydrogen-bond donors (Lipinski definition) is 0. The van der Waals surface area contributed by atoms with E-state index in [0.717, 1.165) is 6.04 Å². The van der Waals surface area contributed by atoms with Crippen LogP contribution in [0.25, 0.3) is 0 Å². The lowest BCUT2D eigenvalue weighted by Crippen LogP contribution is -2.74. The lowest BCUT2D eigenvalue weighted by atomic mass is 10.4. The molecule has 22 heavy (non-hydrogen) atoms. The molecule has 0 aromatic rings. The highest BCUT2D eigenvalue weighted by Gasteiger charge is 2.67. The highest BCUT2D eigenvalue weighted by atomic mass is 29.3. The molecule has 0 aliphatic carbocycles. The second-order valence-corrected chi connectivity index (χ2v) is 14.9. The average molecular weight is 347 g/mol. The summed E-state index contributed by atoms with van der Waals surface area (Å²) in [7, 11) is -5.28. The van der Waals surface area contributed by atoms with Crippen molar-refractivity contribution in [3.63, 3.8) is 0 Å². The molecule has 1 rings (SSSR count). The van der Waals surface area contributed by atoms with E-state index in [1.807, 2.05) is 39.1 Å². The number of rotatable bonds is 10. The maximum atomic E-state index is 6.39. The normalized spacial score (nSPS) is 22.2. The minimum atomic E-state index is -3.02. The number of ether oxygens (including phenoxy) is 2. The van der Waals surface area contributed by atoms with Gasteiger partial charge in [-0.1, -0.05) is 11.4 Å². The monoisotopic (exact) mass is 346 g/mol. The minimum absolute atomic E-state index is 0.499. The Kier molecular flexibility index (Phi) is 7.66. The Morgan fingerprint density at radius 3 is 1.82 bits per heavy atom. The van der Waals surface area contributed by atoms with Crippen LogP contribution in [0.3, 0.4) is 0 Å². The third-order valence-electron chi connectivity index (χ3n) is 3.83. The Balaban J connectivity index is 3.29. The van der Waals surface area contributed by atoms with E-state index in [9.17, 15) is 0 Å². The van der Waals surface area contributed by atoms with Gasteiger partial charge in [-0.15, -0.1) is 13.2 Å². The van der Waals surface area contributed by atoms with Gasteiger partial charge >= 0.3 is 8.32 Å². The maximum Gasteiger partial charge on any atom is 0.483 e. The van der Waals surface area contributed by atoms with E-state index in [0.29, 0.717) is 32.8 Å². The molecule has 0 spiro atoms. The van der Waals surface area contributed by atoms with Crippen LogP contribution in [-0.2, 0) is 22.8 Å². The molecular formula is C15H30O5Si2. The van der Waals surface area contributed by atoms with Gasteiger partial charge < -0.3 is 22.8 Å². The van der Waals surface area contributed by atoms with E-state index in [2.05, 4.69) is 13.2 Å². The third kappa shape index (κ3) is 3.61. The van der Waals surface area contributed by atoms with Gasteiger partial charge in [0.2, 0.25) is 0 Å². The first-order valence-corrected chi connectivity index (χ1v) is 13.1. The highest BCUT2D eigenvalue weighted by molar-refractivity contribution is 7.39. The summed E-state index contributed by atoms with van der Waals surface area (Å²) in [5.74, 6) is -1.08. The van der Waals surface area contributed by atoms with Gasteiger partial charge in [-0.05, 0) is 33.7 Å². The van der Waals surface area contributed by atoms with Crippen molar-refractivity contribution in [1.82, 2.24) is 0 Å². The predicted molar refractivity (Wildman–Crippen MR) is 91.6 cm³/mol. The zero-order valence-corrected chi connectivity index (χ0v) is 16.4. The van der Waals surface area contributed by atoms with Gasteiger partial charge in [0.1, 0.15) is 0 Å². The molecule has 0 bridgehead atoms. The van der Waals surface area contributed by atoms with E-state index < -0.39 is 21.9 Å². The van der Waals surface area contributed by atoms with Crippen molar-refractivity contribution in [2.75, 3.05) is 26.4 Å². The number of hydrogen-bond acceptors (Lipinski definition) is 5. The van der Waals surface area contributed by atoms with Crippen LogP contribution in [0, 0.1) is 0 Å². The van der Waals surface area contributed by atoms with Crippen LogP contribution in [0.15, 0.2) is 24.6 Å². The molecular weight excluding hydrogens is 316 g/mol. The van der Waals surface area contributed by atoms with Crippen molar-refractivity contribution < 1.29 is 22.8 Å². The van der Waals surface area contributed by atoms with Gasteiger partial charge in [-0.3, -0.25) is 0 Å². The second kappa shape index (κ2) is 8.53.